The third kappa shape index (κ3) is 3.92. The predicted molar refractivity (Wildman–Crippen MR) is 92.6 cm³/mol. The summed E-state index contributed by atoms with van der Waals surface area (Å²) in [6.07, 6.45) is 4.61. The lowest BCUT2D eigenvalue weighted by Crippen LogP contribution is -2.43. The van der Waals surface area contributed by atoms with Gasteiger partial charge in [-0.15, -0.1) is 11.3 Å². The Kier molecular flexibility index (Phi) is 5.06. The summed E-state index contributed by atoms with van der Waals surface area (Å²) in [5.74, 6) is 0. The summed E-state index contributed by atoms with van der Waals surface area (Å²) in [5, 5.41) is 4.51. The number of likely N-dealkylation sites (tertiary alicyclic amines) is 1. The molecule has 0 radical (unpaired) electrons. The van der Waals surface area contributed by atoms with Gasteiger partial charge in [-0.3, -0.25) is 4.90 Å². The van der Waals surface area contributed by atoms with E-state index in [0.717, 1.165) is 22.6 Å². The van der Waals surface area contributed by atoms with E-state index >= 15 is 0 Å². The lowest BCUT2D eigenvalue weighted by molar-refractivity contribution is 0.189. The number of benzene rings is 1. The molecule has 21 heavy (non-hydrogen) atoms. The van der Waals surface area contributed by atoms with Crippen LogP contribution in [-0.2, 0) is 6.54 Å². The molecular weight excluding hydrogens is 346 g/mol. The average molecular weight is 366 g/mol. The minimum absolute atomic E-state index is 0.637. The molecule has 2 heterocycles. The molecule has 112 valence electrons. The summed E-state index contributed by atoms with van der Waals surface area (Å²) >= 11 is 5.28. The average Bonchev–Trinajstić information content (AvgIpc) is 2.96. The molecule has 1 aromatic carbocycles. The molecule has 1 aliphatic rings. The molecule has 0 aliphatic carbocycles. The molecule has 1 saturated heterocycles. The zero-order valence-electron chi connectivity index (χ0n) is 12.2. The maximum absolute atomic E-state index is 4.58. The summed E-state index contributed by atoms with van der Waals surface area (Å²) in [5.41, 5.74) is 1.20. The zero-order chi connectivity index (χ0) is 14.7. The molecule has 1 atom stereocenters. The lowest BCUT2D eigenvalue weighted by Gasteiger charge is -2.32. The number of halogens is 1. The Labute approximate surface area is 138 Å². The maximum Gasteiger partial charge on any atom is 0.123 e. The molecule has 1 unspecified atom stereocenters. The molecule has 1 aromatic heterocycles. The third-order valence-corrected chi connectivity index (χ3v) is 5.50. The van der Waals surface area contributed by atoms with Gasteiger partial charge in [0.15, 0.2) is 0 Å². The Hall–Kier alpha value is -0.750. The predicted octanol–water partition coefficient (Wildman–Crippen LogP) is 3.76. The number of nitrogens with one attached hydrogen (secondary N) is 1. The van der Waals surface area contributed by atoms with Crippen molar-refractivity contribution in [2.24, 2.45) is 0 Å². The molecule has 0 spiro atoms. The molecule has 1 aliphatic heterocycles. The quantitative estimate of drug-likeness (QED) is 0.893. The zero-order valence-corrected chi connectivity index (χ0v) is 14.6. The van der Waals surface area contributed by atoms with Gasteiger partial charge in [-0.1, -0.05) is 28.1 Å². The summed E-state index contributed by atoms with van der Waals surface area (Å²) < 4.78 is 1.11. The SMILES string of the molecule is CNC1CCCN(Cc2cnc(-c3ccc(Br)cc3)s2)C1. The monoisotopic (exact) mass is 365 g/mol. The van der Waals surface area contributed by atoms with Crippen LogP contribution in [0.1, 0.15) is 17.7 Å². The standard InChI is InChI=1S/C16H20BrN3S/c1-18-14-3-2-8-20(10-14)11-15-9-19-16(21-15)12-4-6-13(17)7-5-12/h4-7,9,14,18H,2-3,8,10-11H2,1H3. The van der Waals surface area contributed by atoms with E-state index in [0.29, 0.717) is 6.04 Å². The molecule has 5 heteroatoms. The van der Waals surface area contributed by atoms with Gasteiger partial charge in [0.25, 0.3) is 0 Å². The Bertz CT molecular complexity index is 581. The molecule has 0 bridgehead atoms. The van der Waals surface area contributed by atoms with Crippen molar-refractivity contribution in [2.45, 2.75) is 25.4 Å². The van der Waals surface area contributed by atoms with E-state index in [-0.39, 0.29) is 0 Å². The molecule has 1 fully saturated rings. The largest absolute Gasteiger partial charge is 0.316 e. The number of hydrogen-bond donors (Lipinski definition) is 1. The van der Waals surface area contributed by atoms with Crippen LogP contribution in [0.15, 0.2) is 34.9 Å². The highest BCUT2D eigenvalue weighted by molar-refractivity contribution is 9.10. The number of nitrogens with zero attached hydrogens (tertiary/aromatic N) is 2. The van der Waals surface area contributed by atoms with Crippen LogP contribution in [0, 0.1) is 0 Å². The van der Waals surface area contributed by atoms with E-state index < -0.39 is 0 Å². The number of aromatic nitrogens is 1. The molecule has 0 saturated carbocycles. The fourth-order valence-corrected chi connectivity index (χ4v) is 3.99. The molecule has 0 amide bonds. The van der Waals surface area contributed by atoms with Crippen molar-refractivity contribution in [1.29, 1.82) is 0 Å². The number of hydrogen-bond acceptors (Lipinski definition) is 4. The molecule has 1 N–H and O–H groups in total. The third-order valence-electron chi connectivity index (χ3n) is 3.94. The van der Waals surface area contributed by atoms with Crippen LogP contribution in [0.25, 0.3) is 10.6 Å². The normalized spacial score (nSPS) is 19.8. The first-order chi connectivity index (χ1) is 10.2. The minimum Gasteiger partial charge on any atom is -0.316 e. The number of rotatable bonds is 4. The molecular formula is C16H20BrN3S. The van der Waals surface area contributed by atoms with Crippen molar-refractivity contribution in [3.63, 3.8) is 0 Å². The van der Waals surface area contributed by atoms with Crippen LogP contribution in [0.5, 0.6) is 0 Å². The fraction of sp³-hybridized carbons (Fsp3) is 0.438. The highest BCUT2D eigenvalue weighted by Crippen LogP contribution is 2.27. The minimum atomic E-state index is 0.637. The van der Waals surface area contributed by atoms with E-state index in [1.165, 1.54) is 29.8 Å². The Morgan fingerprint density at radius 2 is 2.19 bits per heavy atom. The second-order valence-electron chi connectivity index (χ2n) is 5.50. The van der Waals surface area contributed by atoms with Crippen molar-refractivity contribution in [1.82, 2.24) is 15.2 Å². The van der Waals surface area contributed by atoms with Crippen molar-refractivity contribution < 1.29 is 0 Å². The van der Waals surface area contributed by atoms with Crippen LogP contribution in [0.3, 0.4) is 0 Å². The van der Waals surface area contributed by atoms with Gasteiger partial charge in [-0.05, 0) is 38.6 Å². The van der Waals surface area contributed by atoms with E-state index in [1.54, 1.807) is 11.3 Å². The number of piperidine rings is 1. The summed E-state index contributed by atoms with van der Waals surface area (Å²) in [6, 6.07) is 9.00. The highest BCUT2D eigenvalue weighted by atomic mass is 79.9. The van der Waals surface area contributed by atoms with Crippen molar-refractivity contribution in [3.8, 4) is 10.6 Å². The van der Waals surface area contributed by atoms with Crippen molar-refractivity contribution >= 4 is 27.3 Å². The van der Waals surface area contributed by atoms with E-state index in [1.807, 2.05) is 6.20 Å². The van der Waals surface area contributed by atoms with Gasteiger partial charge in [0.05, 0.1) is 0 Å². The second-order valence-corrected chi connectivity index (χ2v) is 7.53. The van der Waals surface area contributed by atoms with Crippen LogP contribution in [0.4, 0.5) is 0 Å². The maximum atomic E-state index is 4.58. The lowest BCUT2D eigenvalue weighted by atomic mass is 10.1. The topological polar surface area (TPSA) is 28.2 Å². The van der Waals surface area contributed by atoms with E-state index in [9.17, 15) is 0 Å². The number of thiazole rings is 1. The Balaban J connectivity index is 1.66. The molecule has 3 nitrogen and oxygen atoms in total. The fourth-order valence-electron chi connectivity index (χ4n) is 2.76. The Morgan fingerprint density at radius 3 is 2.95 bits per heavy atom. The van der Waals surface area contributed by atoms with Gasteiger partial charge in [0.2, 0.25) is 0 Å². The van der Waals surface area contributed by atoms with Crippen LogP contribution < -0.4 is 5.32 Å². The second kappa shape index (κ2) is 7.01. The van der Waals surface area contributed by atoms with Gasteiger partial charge < -0.3 is 5.32 Å². The molecule has 3 rings (SSSR count). The van der Waals surface area contributed by atoms with Gasteiger partial charge in [0.1, 0.15) is 5.01 Å². The summed E-state index contributed by atoms with van der Waals surface area (Å²) in [4.78, 5) is 8.46. The smallest absolute Gasteiger partial charge is 0.123 e. The van der Waals surface area contributed by atoms with E-state index in [2.05, 4.69) is 62.4 Å². The number of likely N-dealkylation sites (N-methyl/N-ethyl adjacent to an activating group) is 1. The first-order valence-corrected chi connectivity index (χ1v) is 8.96. The van der Waals surface area contributed by atoms with Gasteiger partial charge in [-0.25, -0.2) is 4.98 Å². The first kappa shape index (κ1) is 15.2. The van der Waals surface area contributed by atoms with Crippen LogP contribution >= 0.6 is 27.3 Å². The summed E-state index contributed by atoms with van der Waals surface area (Å²) in [7, 11) is 2.06. The summed E-state index contributed by atoms with van der Waals surface area (Å²) in [6.45, 7) is 3.36. The highest BCUT2D eigenvalue weighted by Gasteiger charge is 2.19. The first-order valence-electron chi connectivity index (χ1n) is 7.35. The van der Waals surface area contributed by atoms with Crippen LogP contribution in [-0.4, -0.2) is 36.1 Å². The van der Waals surface area contributed by atoms with Crippen molar-refractivity contribution in [3.05, 3.63) is 39.8 Å². The van der Waals surface area contributed by atoms with Gasteiger partial charge in [-0.2, -0.15) is 0 Å². The van der Waals surface area contributed by atoms with Crippen LogP contribution in [0.2, 0.25) is 0 Å². The van der Waals surface area contributed by atoms with Gasteiger partial charge >= 0.3 is 0 Å². The van der Waals surface area contributed by atoms with Gasteiger partial charge in [0, 0.05) is 40.2 Å². The molecule has 2 aromatic rings. The van der Waals surface area contributed by atoms with Crippen molar-refractivity contribution in [2.75, 3.05) is 20.1 Å². The Morgan fingerprint density at radius 1 is 1.38 bits per heavy atom. The van der Waals surface area contributed by atoms with E-state index in [4.69, 9.17) is 0 Å².